The highest BCUT2D eigenvalue weighted by atomic mass is 35.5. The largest absolute Gasteiger partial charge is 0.309 e. The SMILES string of the molecule is CCC(NCCN(C)C)c1cccc(Cl)c1. The second-order valence-corrected chi connectivity index (χ2v) is 4.71. The Morgan fingerprint density at radius 2 is 2.12 bits per heavy atom. The topological polar surface area (TPSA) is 15.3 Å². The lowest BCUT2D eigenvalue weighted by Gasteiger charge is -2.19. The van der Waals surface area contributed by atoms with Crippen molar-refractivity contribution in [2.24, 2.45) is 0 Å². The Hall–Kier alpha value is -0.570. The average molecular weight is 241 g/mol. The molecule has 0 spiro atoms. The molecule has 2 nitrogen and oxygen atoms in total. The zero-order valence-corrected chi connectivity index (χ0v) is 11.1. The number of hydrogen-bond acceptors (Lipinski definition) is 2. The van der Waals surface area contributed by atoms with Gasteiger partial charge in [-0.1, -0.05) is 30.7 Å². The summed E-state index contributed by atoms with van der Waals surface area (Å²) in [6.07, 6.45) is 1.08. The summed E-state index contributed by atoms with van der Waals surface area (Å²) in [5.41, 5.74) is 1.27. The van der Waals surface area contributed by atoms with E-state index >= 15 is 0 Å². The average Bonchev–Trinajstić information content (AvgIpc) is 2.24. The van der Waals surface area contributed by atoms with Gasteiger partial charge in [-0.3, -0.25) is 0 Å². The lowest BCUT2D eigenvalue weighted by Crippen LogP contribution is -2.29. The minimum absolute atomic E-state index is 0.402. The molecule has 0 aliphatic heterocycles. The Morgan fingerprint density at radius 3 is 2.69 bits per heavy atom. The minimum atomic E-state index is 0.402. The maximum absolute atomic E-state index is 5.99. The van der Waals surface area contributed by atoms with Gasteiger partial charge in [0.15, 0.2) is 0 Å². The van der Waals surface area contributed by atoms with Crippen LogP contribution in [0.15, 0.2) is 24.3 Å². The lowest BCUT2D eigenvalue weighted by molar-refractivity contribution is 0.382. The minimum Gasteiger partial charge on any atom is -0.309 e. The summed E-state index contributed by atoms with van der Waals surface area (Å²) < 4.78 is 0. The highest BCUT2D eigenvalue weighted by Crippen LogP contribution is 2.19. The van der Waals surface area contributed by atoms with Gasteiger partial charge < -0.3 is 10.2 Å². The second-order valence-electron chi connectivity index (χ2n) is 4.27. The summed E-state index contributed by atoms with van der Waals surface area (Å²) >= 11 is 5.99. The van der Waals surface area contributed by atoms with Crippen LogP contribution in [0, 0.1) is 0 Å². The summed E-state index contributed by atoms with van der Waals surface area (Å²) in [5, 5.41) is 4.35. The molecule has 0 saturated carbocycles. The highest BCUT2D eigenvalue weighted by Gasteiger charge is 2.08. The Labute approximate surface area is 104 Å². The standard InChI is InChI=1S/C13H21ClN2/c1-4-13(15-8-9-16(2)3)11-6-5-7-12(14)10-11/h5-7,10,13,15H,4,8-9H2,1-3H3. The third-order valence-electron chi connectivity index (χ3n) is 2.61. The van der Waals surface area contributed by atoms with Gasteiger partial charge in [-0.05, 0) is 38.2 Å². The molecule has 1 aromatic carbocycles. The number of benzene rings is 1. The van der Waals surface area contributed by atoms with E-state index in [0.29, 0.717) is 6.04 Å². The first-order valence-corrected chi connectivity index (χ1v) is 6.15. The van der Waals surface area contributed by atoms with Gasteiger partial charge in [0.05, 0.1) is 0 Å². The van der Waals surface area contributed by atoms with Crippen molar-refractivity contribution >= 4 is 11.6 Å². The molecule has 0 saturated heterocycles. The number of hydrogen-bond donors (Lipinski definition) is 1. The molecule has 0 aromatic heterocycles. The van der Waals surface area contributed by atoms with Crippen LogP contribution in [0.25, 0.3) is 0 Å². The summed E-state index contributed by atoms with van der Waals surface area (Å²) in [7, 11) is 4.17. The molecule has 90 valence electrons. The van der Waals surface area contributed by atoms with E-state index in [2.05, 4.69) is 37.3 Å². The fourth-order valence-electron chi connectivity index (χ4n) is 1.68. The molecule has 1 N–H and O–H groups in total. The van der Waals surface area contributed by atoms with Gasteiger partial charge in [0.2, 0.25) is 0 Å². The zero-order chi connectivity index (χ0) is 12.0. The monoisotopic (exact) mass is 240 g/mol. The number of halogens is 1. The van der Waals surface area contributed by atoms with E-state index in [0.717, 1.165) is 24.5 Å². The lowest BCUT2D eigenvalue weighted by atomic mass is 10.0. The van der Waals surface area contributed by atoms with Gasteiger partial charge in [0.1, 0.15) is 0 Å². The van der Waals surface area contributed by atoms with Crippen molar-refractivity contribution in [2.45, 2.75) is 19.4 Å². The van der Waals surface area contributed by atoms with Crippen LogP contribution in [0.3, 0.4) is 0 Å². The zero-order valence-electron chi connectivity index (χ0n) is 10.3. The Balaban J connectivity index is 2.53. The predicted octanol–water partition coefficient (Wildman–Crippen LogP) is 2.94. The van der Waals surface area contributed by atoms with Crippen LogP contribution < -0.4 is 5.32 Å². The molecular formula is C13H21ClN2. The van der Waals surface area contributed by atoms with Crippen molar-refractivity contribution in [1.29, 1.82) is 0 Å². The molecule has 0 radical (unpaired) electrons. The summed E-state index contributed by atoms with van der Waals surface area (Å²) in [6, 6.07) is 8.49. The molecule has 0 heterocycles. The number of nitrogens with zero attached hydrogens (tertiary/aromatic N) is 1. The molecule has 3 heteroatoms. The normalized spacial score (nSPS) is 13.1. The Morgan fingerprint density at radius 1 is 1.38 bits per heavy atom. The van der Waals surface area contributed by atoms with Crippen molar-refractivity contribution in [3.63, 3.8) is 0 Å². The highest BCUT2D eigenvalue weighted by molar-refractivity contribution is 6.30. The number of likely N-dealkylation sites (N-methyl/N-ethyl adjacent to an activating group) is 1. The maximum atomic E-state index is 5.99. The summed E-state index contributed by atoms with van der Waals surface area (Å²) in [5.74, 6) is 0. The van der Waals surface area contributed by atoms with E-state index in [1.54, 1.807) is 0 Å². The first-order valence-electron chi connectivity index (χ1n) is 5.77. The maximum Gasteiger partial charge on any atom is 0.0409 e. The molecule has 0 bridgehead atoms. The van der Waals surface area contributed by atoms with Crippen molar-refractivity contribution in [3.05, 3.63) is 34.9 Å². The Bertz CT molecular complexity index is 313. The van der Waals surface area contributed by atoms with E-state index in [4.69, 9.17) is 11.6 Å². The van der Waals surface area contributed by atoms with Crippen LogP contribution >= 0.6 is 11.6 Å². The molecule has 1 rings (SSSR count). The predicted molar refractivity (Wildman–Crippen MR) is 71.0 cm³/mol. The van der Waals surface area contributed by atoms with Crippen molar-refractivity contribution in [2.75, 3.05) is 27.2 Å². The first kappa shape index (κ1) is 13.5. The van der Waals surface area contributed by atoms with Crippen LogP contribution in [0.4, 0.5) is 0 Å². The molecule has 0 fully saturated rings. The van der Waals surface area contributed by atoms with Gasteiger partial charge >= 0.3 is 0 Å². The van der Waals surface area contributed by atoms with Crippen LogP contribution in [0.5, 0.6) is 0 Å². The van der Waals surface area contributed by atoms with Crippen LogP contribution in [0.1, 0.15) is 24.9 Å². The van der Waals surface area contributed by atoms with Crippen LogP contribution in [-0.4, -0.2) is 32.1 Å². The van der Waals surface area contributed by atoms with Gasteiger partial charge in [-0.15, -0.1) is 0 Å². The quantitative estimate of drug-likeness (QED) is 0.823. The van der Waals surface area contributed by atoms with E-state index in [9.17, 15) is 0 Å². The van der Waals surface area contributed by atoms with Gasteiger partial charge in [0, 0.05) is 24.2 Å². The number of rotatable bonds is 6. The van der Waals surface area contributed by atoms with E-state index < -0.39 is 0 Å². The Kier molecular flexibility index (Phi) is 5.81. The third-order valence-corrected chi connectivity index (χ3v) is 2.84. The third kappa shape index (κ3) is 4.52. The molecule has 0 aliphatic carbocycles. The fourth-order valence-corrected chi connectivity index (χ4v) is 1.88. The fraction of sp³-hybridized carbons (Fsp3) is 0.538. The molecule has 1 aromatic rings. The smallest absolute Gasteiger partial charge is 0.0409 e. The number of nitrogens with one attached hydrogen (secondary N) is 1. The van der Waals surface area contributed by atoms with Crippen molar-refractivity contribution in [3.8, 4) is 0 Å². The van der Waals surface area contributed by atoms with E-state index in [-0.39, 0.29) is 0 Å². The van der Waals surface area contributed by atoms with Gasteiger partial charge in [-0.25, -0.2) is 0 Å². The molecule has 1 unspecified atom stereocenters. The van der Waals surface area contributed by atoms with Crippen molar-refractivity contribution in [1.82, 2.24) is 10.2 Å². The first-order chi connectivity index (χ1) is 7.63. The van der Waals surface area contributed by atoms with Crippen molar-refractivity contribution < 1.29 is 0 Å². The van der Waals surface area contributed by atoms with E-state index in [1.165, 1.54) is 5.56 Å². The second kappa shape index (κ2) is 6.89. The van der Waals surface area contributed by atoms with Crippen LogP contribution in [-0.2, 0) is 0 Å². The summed E-state index contributed by atoms with van der Waals surface area (Å²) in [4.78, 5) is 2.18. The molecule has 16 heavy (non-hydrogen) atoms. The summed E-state index contributed by atoms with van der Waals surface area (Å²) in [6.45, 7) is 4.24. The van der Waals surface area contributed by atoms with Crippen LogP contribution in [0.2, 0.25) is 5.02 Å². The van der Waals surface area contributed by atoms with Gasteiger partial charge in [0.25, 0.3) is 0 Å². The molecule has 1 atom stereocenters. The molecular weight excluding hydrogens is 220 g/mol. The van der Waals surface area contributed by atoms with E-state index in [1.807, 2.05) is 18.2 Å². The molecule has 0 aliphatic rings. The van der Waals surface area contributed by atoms with Gasteiger partial charge in [-0.2, -0.15) is 0 Å². The molecule has 0 amide bonds.